The number of amidine groups is 1. The van der Waals surface area contributed by atoms with Gasteiger partial charge >= 0.3 is 0 Å². The summed E-state index contributed by atoms with van der Waals surface area (Å²) in [7, 11) is 0. The molecule has 0 saturated heterocycles. The van der Waals surface area contributed by atoms with Gasteiger partial charge in [0.05, 0.1) is 11.7 Å². The van der Waals surface area contributed by atoms with Crippen molar-refractivity contribution in [1.82, 2.24) is 4.90 Å². The van der Waals surface area contributed by atoms with Crippen molar-refractivity contribution < 1.29 is 9.53 Å². The van der Waals surface area contributed by atoms with E-state index in [1.165, 1.54) is 6.42 Å². The van der Waals surface area contributed by atoms with Gasteiger partial charge in [-0.15, -0.1) is 0 Å². The average molecular weight is 233 g/mol. The fourth-order valence-electron chi connectivity index (χ4n) is 2.57. The van der Waals surface area contributed by atoms with Gasteiger partial charge in [0.2, 0.25) is 0 Å². The van der Waals surface area contributed by atoms with Crippen molar-refractivity contribution in [3.05, 3.63) is 24.2 Å². The smallest absolute Gasteiger partial charge is 0.267 e. The number of hydrogen-bond donors (Lipinski definition) is 1. The summed E-state index contributed by atoms with van der Waals surface area (Å²) in [6, 6.07) is 0. The van der Waals surface area contributed by atoms with E-state index < -0.39 is 5.91 Å². The van der Waals surface area contributed by atoms with Gasteiger partial charge < -0.3 is 15.4 Å². The van der Waals surface area contributed by atoms with Gasteiger partial charge in [-0.05, 0) is 18.9 Å². The Balaban J connectivity index is 2.00. The minimum Gasteiger partial charge on any atom is -0.499 e. The summed E-state index contributed by atoms with van der Waals surface area (Å²) in [6.45, 7) is 1.28. The van der Waals surface area contributed by atoms with Crippen LogP contribution in [0, 0.1) is 5.41 Å². The molecule has 17 heavy (non-hydrogen) atoms. The van der Waals surface area contributed by atoms with Crippen molar-refractivity contribution in [3.63, 3.8) is 0 Å². The Hall–Kier alpha value is -1.78. The molecule has 0 bridgehead atoms. The maximum absolute atomic E-state index is 11.2. The van der Waals surface area contributed by atoms with Crippen LogP contribution in [0.2, 0.25) is 0 Å². The van der Waals surface area contributed by atoms with Crippen molar-refractivity contribution in [3.8, 4) is 0 Å². The predicted molar refractivity (Wildman–Crippen MR) is 62.8 cm³/mol. The number of carbonyl (C=O) groups excluding carboxylic acids is 1. The molecule has 1 fully saturated rings. The third-order valence-electron chi connectivity index (χ3n) is 3.71. The number of fused-ring (bicyclic) bond motifs is 2. The molecule has 0 atom stereocenters. The molecule has 0 aromatic carbocycles. The largest absolute Gasteiger partial charge is 0.499 e. The first kappa shape index (κ1) is 10.4. The van der Waals surface area contributed by atoms with Gasteiger partial charge in [-0.1, -0.05) is 6.42 Å². The highest BCUT2D eigenvalue weighted by atomic mass is 16.5. The first-order valence-electron chi connectivity index (χ1n) is 5.85. The van der Waals surface area contributed by atoms with E-state index in [0.717, 1.165) is 18.7 Å². The third kappa shape index (κ3) is 1.53. The Morgan fingerprint density at radius 3 is 3.00 bits per heavy atom. The van der Waals surface area contributed by atoms with E-state index in [-0.39, 0.29) is 5.41 Å². The number of amides is 1. The number of aliphatic imine (C=N–C) groups is 1. The molecule has 0 aromatic heterocycles. The Labute approximate surface area is 99.6 Å². The molecule has 3 aliphatic rings. The van der Waals surface area contributed by atoms with Gasteiger partial charge in [0.25, 0.3) is 5.91 Å². The minimum absolute atomic E-state index is 0.0154. The lowest BCUT2D eigenvalue weighted by Crippen LogP contribution is -2.49. The third-order valence-corrected chi connectivity index (χ3v) is 3.71. The van der Waals surface area contributed by atoms with E-state index >= 15 is 0 Å². The van der Waals surface area contributed by atoms with Gasteiger partial charge in [0, 0.05) is 12.7 Å². The van der Waals surface area contributed by atoms with Crippen LogP contribution in [-0.2, 0) is 9.53 Å². The van der Waals surface area contributed by atoms with E-state index in [1.54, 1.807) is 12.3 Å². The molecule has 2 N–H and O–H groups in total. The summed E-state index contributed by atoms with van der Waals surface area (Å²) in [4.78, 5) is 17.7. The number of rotatable bonds is 1. The van der Waals surface area contributed by atoms with Crippen LogP contribution in [0.3, 0.4) is 0 Å². The summed E-state index contributed by atoms with van der Waals surface area (Å²) in [6.07, 6.45) is 8.65. The molecule has 2 heterocycles. The van der Waals surface area contributed by atoms with Crippen molar-refractivity contribution in [2.75, 3.05) is 13.2 Å². The summed E-state index contributed by atoms with van der Waals surface area (Å²) < 4.78 is 5.50. The zero-order valence-electron chi connectivity index (χ0n) is 9.56. The average Bonchev–Trinajstić information content (AvgIpc) is 2.46. The number of primary amides is 1. The topological polar surface area (TPSA) is 67.9 Å². The fraction of sp³-hybridized carbons (Fsp3) is 0.500. The normalized spacial score (nSPS) is 25.1. The maximum Gasteiger partial charge on any atom is 0.267 e. The molecule has 5 nitrogen and oxygen atoms in total. The molecule has 0 radical (unpaired) electrons. The fourth-order valence-corrected chi connectivity index (χ4v) is 2.57. The van der Waals surface area contributed by atoms with Crippen LogP contribution < -0.4 is 5.73 Å². The molecule has 1 amide bonds. The monoisotopic (exact) mass is 233 g/mol. The Morgan fingerprint density at radius 2 is 2.35 bits per heavy atom. The lowest BCUT2D eigenvalue weighted by Gasteiger charge is -2.44. The first-order valence-corrected chi connectivity index (χ1v) is 5.85. The lowest BCUT2D eigenvalue weighted by molar-refractivity contribution is -0.114. The summed E-state index contributed by atoms with van der Waals surface area (Å²) >= 11 is 0. The second-order valence-corrected chi connectivity index (χ2v) is 4.77. The molecule has 0 unspecified atom stereocenters. The van der Waals surface area contributed by atoms with Crippen LogP contribution in [0.4, 0.5) is 0 Å². The van der Waals surface area contributed by atoms with Crippen LogP contribution in [0.25, 0.3) is 0 Å². The number of hydrogen-bond acceptors (Lipinski definition) is 4. The Morgan fingerprint density at radius 1 is 1.53 bits per heavy atom. The standard InChI is InChI=1S/C12H15N3O2/c13-10(16)9-2-5-15-6-7-17-8-12(3-1-4-12)11(15)14-9/h2,6-7H,1,3-5,8H2,(H2,13,16). The molecular weight excluding hydrogens is 218 g/mol. The predicted octanol–water partition coefficient (Wildman–Crippen LogP) is 0.741. The summed E-state index contributed by atoms with van der Waals surface area (Å²) in [5.41, 5.74) is 5.65. The van der Waals surface area contributed by atoms with Crippen LogP contribution in [0.15, 0.2) is 29.2 Å². The van der Waals surface area contributed by atoms with Crippen molar-refractivity contribution >= 4 is 11.7 Å². The van der Waals surface area contributed by atoms with E-state index in [4.69, 9.17) is 10.5 Å². The molecule has 0 aromatic rings. The highest BCUT2D eigenvalue weighted by Crippen LogP contribution is 2.45. The lowest BCUT2D eigenvalue weighted by atomic mass is 9.68. The molecule has 90 valence electrons. The first-order chi connectivity index (χ1) is 8.21. The second kappa shape index (κ2) is 3.61. The number of ether oxygens (including phenoxy) is 1. The van der Waals surface area contributed by atoms with Crippen molar-refractivity contribution in [1.29, 1.82) is 0 Å². The molecule has 3 rings (SSSR count). The Kier molecular flexibility index (Phi) is 2.21. The zero-order chi connectivity index (χ0) is 11.9. The van der Waals surface area contributed by atoms with Gasteiger partial charge in [-0.2, -0.15) is 0 Å². The van der Waals surface area contributed by atoms with Crippen LogP contribution in [0.5, 0.6) is 0 Å². The van der Waals surface area contributed by atoms with Gasteiger partial charge in [0.15, 0.2) is 0 Å². The zero-order valence-corrected chi connectivity index (χ0v) is 9.56. The maximum atomic E-state index is 11.2. The van der Waals surface area contributed by atoms with Crippen molar-refractivity contribution in [2.45, 2.75) is 19.3 Å². The second-order valence-electron chi connectivity index (χ2n) is 4.77. The van der Waals surface area contributed by atoms with E-state index in [9.17, 15) is 4.79 Å². The molecule has 5 heteroatoms. The molecule has 2 aliphatic heterocycles. The highest BCUT2D eigenvalue weighted by Gasteiger charge is 2.46. The van der Waals surface area contributed by atoms with E-state index in [2.05, 4.69) is 4.99 Å². The molecule has 1 spiro atoms. The Bertz CT molecular complexity index is 447. The number of carbonyl (C=O) groups is 1. The minimum atomic E-state index is -0.458. The van der Waals surface area contributed by atoms with Gasteiger partial charge in [0.1, 0.15) is 18.1 Å². The van der Waals surface area contributed by atoms with Crippen LogP contribution in [0.1, 0.15) is 19.3 Å². The molecule has 1 saturated carbocycles. The van der Waals surface area contributed by atoms with Crippen LogP contribution in [-0.4, -0.2) is 29.8 Å². The summed E-state index contributed by atoms with van der Waals surface area (Å²) in [5, 5.41) is 0. The van der Waals surface area contributed by atoms with Crippen LogP contribution >= 0.6 is 0 Å². The number of nitrogens with two attached hydrogens (primary N) is 1. The van der Waals surface area contributed by atoms with E-state index in [1.807, 2.05) is 11.1 Å². The number of nitrogens with zero attached hydrogens (tertiary/aromatic N) is 2. The van der Waals surface area contributed by atoms with Gasteiger partial charge in [-0.3, -0.25) is 4.79 Å². The SMILES string of the molecule is NC(=O)C1=CCN2C=COCC3(CCC3)C2=N1. The van der Waals surface area contributed by atoms with Crippen molar-refractivity contribution in [2.24, 2.45) is 16.1 Å². The molecular formula is C12H15N3O2. The van der Waals surface area contributed by atoms with E-state index in [0.29, 0.717) is 18.8 Å². The van der Waals surface area contributed by atoms with Gasteiger partial charge in [-0.25, -0.2) is 4.99 Å². The quantitative estimate of drug-likeness (QED) is 0.726. The summed E-state index contributed by atoms with van der Waals surface area (Å²) in [5.74, 6) is 0.481. The highest BCUT2D eigenvalue weighted by molar-refractivity contribution is 5.99. The molecule has 1 aliphatic carbocycles.